The van der Waals surface area contributed by atoms with Crippen LogP contribution in [0.15, 0.2) is 47.6 Å². The zero-order valence-electron chi connectivity index (χ0n) is 9.96. The summed E-state index contributed by atoms with van der Waals surface area (Å²) >= 11 is 0. The van der Waals surface area contributed by atoms with Gasteiger partial charge in [0, 0.05) is 11.5 Å². The standard InChI is InChI=1S/C14H13NO3/c1-3-9(2)12-8-18-13(15-12)10-5-4-6-11(7-10)14(16)17/h3-9H,1H2,2H3,(H,16,17). The molecular weight excluding hydrogens is 230 g/mol. The molecule has 4 heteroatoms. The highest BCUT2D eigenvalue weighted by atomic mass is 16.4. The zero-order valence-corrected chi connectivity index (χ0v) is 9.96. The molecule has 1 aromatic carbocycles. The Kier molecular flexibility index (Phi) is 3.28. The summed E-state index contributed by atoms with van der Waals surface area (Å²) in [4.78, 5) is 15.2. The first-order chi connectivity index (χ1) is 8.61. The monoisotopic (exact) mass is 243 g/mol. The number of oxazole rings is 1. The molecule has 0 aliphatic rings. The lowest BCUT2D eigenvalue weighted by Crippen LogP contribution is -1.95. The van der Waals surface area contributed by atoms with E-state index in [0.717, 1.165) is 5.69 Å². The van der Waals surface area contributed by atoms with Crippen molar-refractivity contribution in [3.63, 3.8) is 0 Å². The summed E-state index contributed by atoms with van der Waals surface area (Å²) in [6, 6.07) is 6.50. The van der Waals surface area contributed by atoms with Crippen LogP contribution in [0.3, 0.4) is 0 Å². The normalized spacial score (nSPS) is 12.1. The Labute approximate surface area is 105 Å². The Morgan fingerprint density at radius 2 is 2.33 bits per heavy atom. The van der Waals surface area contributed by atoms with E-state index in [1.54, 1.807) is 24.5 Å². The molecule has 1 atom stereocenters. The second kappa shape index (κ2) is 4.87. The quantitative estimate of drug-likeness (QED) is 0.836. The molecule has 2 aromatic rings. The molecule has 2 rings (SSSR count). The van der Waals surface area contributed by atoms with Crippen LogP contribution in [-0.2, 0) is 0 Å². The van der Waals surface area contributed by atoms with Crippen molar-refractivity contribution in [3.05, 3.63) is 54.4 Å². The number of carboxylic acids is 1. The van der Waals surface area contributed by atoms with Gasteiger partial charge in [-0.2, -0.15) is 0 Å². The zero-order chi connectivity index (χ0) is 13.1. The van der Waals surface area contributed by atoms with E-state index in [1.165, 1.54) is 12.1 Å². The van der Waals surface area contributed by atoms with Gasteiger partial charge < -0.3 is 9.52 Å². The lowest BCUT2D eigenvalue weighted by molar-refractivity contribution is 0.0697. The van der Waals surface area contributed by atoms with Crippen molar-refractivity contribution in [2.75, 3.05) is 0 Å². The SMILES string of the molecule is C=CC(C)c1coc(-c2cccc(C(=O)O)c2)n1. The fourth-order valence-corrected chi connectivity index (χ4v) is 1.53. The van der Waals surface area contributed by atoms with Gasteiger partial charge >= 0.3 is 5.97 Å². The summed E-state index contributed by atoms with van der Waals surface area (Å²) in [5, 5.41) is 8.92. The molecule has 4 nitrogen and oxygen atoms in total. The minimum absolute atomic E-state index is 0.102. The highest BCUT2D eigenvalue weighted by Gasteiger charge is 2.11. The number of rotatable bonds is 4. The smallest absolute Gasteiger partial charge is 0.335 e. The summed E-state index contributed by atoms with van der Waals surface area (Å²) in [7, 11) is 0. The fraction of sp³-hybridized carbons (Fsp3) is 0.143. The van der Waals surface area contributed by atoms with Gasteiger partial charge in [-0.25, -0.2) is 9.78 Å². The number of hydrogen-bond acceptors (Lipinski definition) is 3. The number of allylic oxidation sites excluding steroid dienone is 1. The van der Waals surface area contributed by atoms with E-state index >= 15 is 0 Å². The first kappa shape index (κ1) is 12.1. The summed E-state index contributed by atoms with van der Waals surface area (Å²) in [6.45, 7) is 5.66. The molecule has 0 spiro atoms. The van der Waals surface area contributed by atoms with Crippen LogP contribution in [0.2, 0.25) is 0 Å². The molecule has 0 bridgehead atoms. The molecule has 1 aromatic heterocycles. The summed E-state index contributed by atoms with van der Waals surface area (Å²) < 4.78 is 5.36. The van der Waals surface area contributed by atoms with Gasteiger partial charge in [-0.15, -0.1) is 6.58 Å². The Morgan fingerprint density at radius 1 is 1.56 bits per heavy atom. The van der Waals surface area contributed by atoms with Gasteiger partial charge in [0.05, 0.1) is 11.3 Å². The molecule has 0 aliphatic carbocycles. The summed E-state index contributed by atoms with van der Waals surface area (Å²) in [5.41, 5.74) is 1.64. The third kappa shape index (κ3) is 2.32. The average molecular weight is 243 g/mol. The highest BCUT2D eigenvalue weighted by Crippen LogP contribution is 2.23. The van der Waals surface area contributed by atoms with Gasteiger partial charge in [0.25, 0.3) is 0 Å². The lowest BCUT2D eigenvalue weighted by Gasteiger charge is -1.99. The topological polar surface area (TPSA) is 63.3 Å². The number of carbonyl (C=O) groups is 1. The van der Waals surface area contributed by atoms with Crippen molar-refractivity contribution >= 4 is 5.97 Å². The third-order valence-corrected chi connectivity index (χ3v) is 2.70. The van der Waals surface area contributed by atoms with Crippen molar-refractivity contribution in [1.82, 2.24) is 4.98 Å². The maximum absolute atomic E-state index is 10.9. The Bertz CT molecular complexity index is 586. The van der Waals surface area contributed by atoms with E-state index in [9.17, 15) is 4.79 Å². The first-order valence-corrected chi connectivity index (χ1v) is 5.53. The van der Waals surface area contributed by atoms with E-state index in [2.05, 4.69) is 11.6 Å². The maximum atomic E-state index is 10.9. The van der Waals surface area contributed by atoms with Crippen molar-refractivity contribution < 1.29 is 14.3 Å². The molecule has 0 amide bonds. The molecular formula is C14H13NO3. The molecule has 0 fully saturated rings. The van der Waals surface area contributed by atoms with E-state index in [-0.39, 0.29) is 11.5 Å². The van der Waals surface area contributed by atoms with Crippen molar-refractivity contribution in [2.45, 2.75) is 12.8 Å². The number of aromatic carboxylic acids is 1. The molecule has 1 heterocycles. The third-order valence-electron chi connectivity index (χ3n) is 2.70. The van der Waals surface area contributed by atoms with Crippen LogP contribution >= 0.6 is 0 Å². The number of nitrogens with zero attached hydrogens (tertiary/aromatic N) is 1. The van der Waals surface area contributed by atoms with Crippen LogP contribution in [-0.4, -0.2) is 16.1 Å². The molecule has 0 saturated heterocycles. The fourth-order valence-electron chi connectivity index (χ4n) is 1.53. The number of benzene rings is 1. The van der Waals surface area contributed by atoms with Crippen molar-refractivity contribution in [2.24, 2.45) is 0 Å². The molecule has 92 valence electrons. The van der Waals surface area contributed by atoms with Crippen LogP contribution in [0.1, 0.15) is 28.9 Å². The van der Waals surface area contributed by atoms with Gasteiger partial charge in [-0.3, -0.25) is 0 Å². The predicted octanol–water partition coefficient (Wildman–Crippen LogP) is 3.33. The summed E-state index contributed by atoms with van der Waals surface area (Å²) in [6.07, 6.45) is 3.34. The van der Waals surface area contributed by atoms with Crippen LogP contribution in [0.4, 0.5) is 0 Å². The average Bonchev–Trinajstić information content (AvgIpc) is 2.87. The van der Waals surface area contributed by atoms with Crippen LogP contribution in [0.25, 0.3) is 11.5 Å². The Hall–Kier alpha value is -2.36. The van der Waals surface area contributed by atoms with E-state index in [0.29, 0.717) is 11.5 Å². The molecule has 1 unspecified atom stereocenters. The maximum Gasteiger partial charge on any atom is 0.335 e. The van der Waals surface area contributed by atoms with Gasteiger partial charge in [-0.05, 0) is 18.2 Å². The van der Waals surface area contributed by atoms with E-state index < -0.39 is 5.97 Å². The van der Waals surface area contributed by atoms with Crippen molar-refractivity contribution in [1.29, 1.82) is 0 Å². The second-order valence-electron chi connectivity index (χ2n) is 3.99. The van der Waals surface area contributed by atoms with E-state index in [1.807, 2.05) is 6.92 Å². The van der Waals surface area contributed by atoms with Gasteiger partial charge in [0.2, 0.25) is 5.89 Å². The van der Waals surface area contributed by atoms with Gasteiger partial charge in [0.1, 0.15) is 6.26 Å². The number of aromatic nitrogens is 1. The lowest BCUT2D eigenvalue weighted by atomic mass is 10.1. The van der Waals surface area contributed by atoms with Gasteiger partial charge in [0.15, 0.2) is 0 Å². The Balaban J connectivity index is 2.37. The first-order valence-electron chi connectivity index (χ1n) is 5.53. The molecule has 0 aliphatic heterocycles. The second-order valence-corrected chi connectivity index (χ2v) is 3.99. The molecule has 18 heavy (non-hydrogen) atoms. The van der Waals surface area contributed by atoms with Crippen LogP contribution < -0.4 is 0 Å². The minimum atomic E-state index is -0.969. The van der Waals surface area contributed by atoms with Crippen LogP contribution in [0.5, 0.6) is 0 Å². The molecule has 0 radical (unpaired) electrons. The number of hydrogen-bond donors (Lipinski definition) is 1. The van der Waals surface area contributed by atoms with Crippen LogP contribution in [0, 0.1) is 0 Å². The molecule has 1 N–H and O–H groups in total. The minimum Gasteiger partial charge on any atom is -0.478 e. The Morgan fingerprint density at radius 3 is 3.00 bits per heavy atom. The molecule has 0 saturated carbocycles. The number of carboxylic acid groups (broad SMARTS) is 1. The van der Waals surface area contributed by atoms with E-state index in [4.69, 9.17) is 9.52 Å². The van der Waals surface area contributed by atoms with Gasteiger partial charge in [-0.1, -0.05) is 19.1 Å². The predicted molar refractivity (Wildman–Crippen MR) is 67.5 cm³/mol. The summed E-state index contributed by atoms with van der Waals surface area (Å²) in [5.74, 6) is -0.449. The van der Waals surface area contributed by atoms with Crippen molar-refractivity contribution in [3.8, 4) is 11.5 Å². The largest absolute Gasteiger partial charge is 0.478 e. The highest BCUT2D eigenvalue weighted by molar-refractivity contribution is 5.88.